The fourth-order valence-corrected chi connectivity index (χ4v) is 3.88. The van der Waals surface area contributed by atoms with Gasteiger partial charge in [0.05, 0.1) is 0 Å². The summed E-state index contributed by atoms with van der Waals surface area (Å²) >= 11 is 3.45. The molecule has 2 unspecified atom stereocenters. The molecule has 2 bridgehead atoms. The molecule has 3 rings (SSSR count). The van der Waals surface area contributed by atoms with E-state index < -0.39 is 0 Å². The van der Waals surface area contributed by atoms with Crippen LogP contribution in [0.2, 0.25) is 0 Å². The highest BCUT2D eigenvalue weighted by Crippen LogP contribution is 2.36. The average Bonchev–Trinajstić information content (AvgIpc) is 2.64. The highest BCUT2D eigenvalue weighted by molar-refractivity contribution is 9.10. The van der Waals surface area contributed by atoms with E-state index in [2.05, 4.69) is 20.8 Å². The zero-order valence-electron chi connectivity index (χ0n) is 11.1. The van der Waals surface area contributed by atoms with Gasteiger partial charge in [-0.15, -0.1) is 0 Å². The highest BCUT2D eigenvalue weighted by atomic mass is 79.9. The van der Waals surface area contributed by atoms with Gasteiger partial charge in [0.2, 0.25) is 0 Å². The van der Waals surface area contributed by atoms with E-state index in [1.54, 1.807) is 0 Å². The van der Waals surface area contributed by atoms with Crippen molar-refractivity contribution in [3.63, 3.8) is 0 Å². The molecule has 0 spiro atoms. The Labute approximate surface area is 122 Å². The number of amides is 1. The van der Waals surface area contributed by atoms with Crippen LogP contribution in [0.15, 0.2) is 22.7 Å². The summed E-state index contributed by atoms with van der Waals surface area (Å²) in [5.74, 6) is 0.179. The van der Waals surface area contributed by atoms with Gasteiger partial charge in [-0.1, -0.05) is 22.0 Å². The third-order valence-corrected chi connectivity index (χ3v) is 4.93. The molecule has 0 aromatic heterocycles. The lowest BCUT2D eigenvalue weighted by Gasteiger charge is -2.38. The predicted octanol–water partition coefficient (Wildman–Crippen LogP) is 2.85. The molecule has 1 aromatic rings. The maximum absolute atomic E-state index is 12.8. The summed E-state index contributed by atoms with van der Waals surface area (Å²) in [4.78, 5) is 14.9. The lowest BCUT2D eigenvalue weighted by atomic mass is 9.96. The number of hydrogen-bond donors (Lipinski definition) is 1. The van der Waals surface area contributed by atoms with Gasteiger partial charge >= 0.3 is 0 Å². The number of piperidine rings is 1. The molecule has 1 amide bonds. The summed E-state index contributed by atoms with van der Waals surface area (Å²) in [6, 6.07) is 6.87. The van der Waals surface area contributed by atoms with Crippen molar-refractivity contribution < 1.29 is 4.79 Å². The average molecular weight is 323 g/mol. The molecule has 2 heterocycles. The van der Waals surface area contributed by atoms with Gasteiger partial charge in [-0.05, 0) is 50.3 Å². The molecule has 19 heavy (non-hydrogen) atoms. The molecule has 2 atom stereocenters. The van der Waals surface area contributed by atoms with Crippen LogP contribution in [0.25, 0.3) is 0 Å². The lowest BCUT2D eigenvalue weighted by Crippen LogP contribution is -2.50. The standard InChI is InChI=1S/C15H19BrN2O/c1-9-2-3-10(16)6-14(9)15(19)18-12-4-5-13(18)8-11(17)7-12/h2-3,6,11-13H,4-5,7-8,17H2,1H3. The Hall–Kier alpha value is -0.870. The van der Waals surface area contributed by atoms with Gasteiger partial charge in [0.1, 0.15) is 0 Å². The van der Waals surface area contributed by atoms with Crippen molar-refractivity contribution >= 4 is 21.8 Å². The number of nitrogens with zero attached hydrogens (tertiary/aromatic N) is 1. The second-order valence-electron chi connectivity index (χ2n) is 5.79. The Morgan fingerprint density at radius 1 is 1.32 bits per heavy atom. The fourth-order valence-electron chi connectivity index (χ4n) is 3.51. The Morgan fingerprint density at radius 2 is 1.95 bits per heavy atom. The SMILES string of the molecule is Cc1ccc(Br)cc1C(=O)N1C2CCC1CC(N)C2. The first-order chi connectivity index (χ1) is 9.06. The van der Waals surface area contributed by atoms with E-state index in [4.69, 9.17) is 5.73 Å². The Balaban J connectivity index is 1.90. The number of halogens is 1. The highest BCUT2D eigenvalue weighted by Gasteiger charge is 2.42. The van der Waals surface area contributed by atoms with Gasteiger partial charge in [0.25, 0.3) is 5.91 Å². The van der Waals surface area contributed by atoms with Crippen LogP contribution in [0.1, 0.15) is 41.6 Å². The Morgan fingerprint density at radius 3 is 2.58 bits per heavy atom. The number of carbonyl (C=O) groups is 1. The van der Waals surface area contributed by atoms with Crippen LogP contribution in [0, 0.1) is 6.92 Å². The lowest BCUT2D eigenvalue weighted by molar-refractivity contribution is 0.0574. The van der Waals surface area contributed by atoms with Crippen LogP contribution in [0.4, 0.5) is 0 Å². The minimum absolute atomic E-state index is 0.179. The molecule has 1 aromatic carbocycles. The first-order valence-corrected chi connectivity index (χ1v) is 7.70. The summed E-state index contributed by atoms with van der Waals surface area (Å²) in [5, 5.41) is 0. The molecule has 3 nitrogen and oxygen atoms in total. The van der Waals surface area contributed by atoms with E-state index in [1.807, 2.05) is 25.1 Å². The van der Waals surface area contributed by atoms with Crippen molar-refractivity contribution in [3.05, 3.63) is 33.8 Å². The molecular formula is C15H19BrN2O. The van der Waals surface area contributed by atoms with Crippen LogP contribution >= 0.6 is 15.9 Å². The fraction of sp³-hybridized carbons (Fsp3) is 0.533. The van der Waals surface area contributed by atoms with Crippen molar-refractivity contribution in [3.8, 4) is 0 Å². The first kappa shape index (κ1) is 13.1. The zero-order chi connectivity index (χ0) is 13.6. The topological polar surface area (TPSA) is 46.3 Å². The minimum atomic E-state index is 0.179. The summed E-state index contributed by atoms with van der Waals surface area (Å²) in [5.41, 5.74) is 7.93. The van der Waals surface area contributed by atoms with Gasteiger partial charge in [-0.25, -0.2) is 0 Å². The molecule has 2 aliphatic heterocycles. The number of fused-ring (bicyclic) bond motifs is 2. The second-order valence-corrected chi connectivity index (χ2v) is 6.70. The molecule has 2 saturated heterocycles. The quantitative estimate of drug-likeness (QED) is 0.864. The second kappa shape index (κ2) is 4.91. The van der Waals surface area contributed by atoms with Crippen LogP contribution in [-0.4, -0.2) is 28.9 Å². The summed E-state index contributed by atoms with van der Waals surface area (Å²) < 4.78 is 0.961. The molecule has 2 aliphatic rings. The minimum Gasteiger partial charge on any atom is -0.333 e. The molecule has 4 heteroatoms. The van der Waals surface area contributed by atoms with Crippen LogP contribution < -0.4 is 5.73 Å². The van der Waals surface area contributed by atoms with Gasteiger partial charge in [0.15, 0.2) is 0 Å². The van der Waals surface area contributed by atoms with E-state index in [1.165, 1.54) is 0 Å². The maximum atomic E-state index is 12.8. The van der Waals surface area contributed by atoms with Crippen molar-refractivity contribution in [1.29, 1.82) is 0 Å². The molecule has 2 fully saturated rings. The number of hydrogen-bond acceptors (Lipinski definition) is 2. The molecular weight excluding hydrogens is 304 g/mol. The Kier molecular flexibility index (Phi) is 3.39. The van der Waals surface area contributed by atoms with Crippen LogP contribution in [0.3, 0.4) is 0 Å². The van der Waals surface area contributed by atoms with E-state index in [9.17, 15) is 4.79 Å². The Bertz CT molecular complexity index is 503. The monoisotopic (exact) mass is 322 g/mol. The summed E-state index contributed by atoms with van der Waals surface area (Å²) in [6.07, 6.45) is 4.12. The number of aryl methyl sites for hydroxylation is 1. The summed E-state index contributed by atoms with van der Waals surface area (Å²) in [7, 11) is 0. The maximum Gasteiger partial charge on any atom is 0.254 e. The molecule has 0 aliphatic carbocycles. The van der Waals surface area contributed by atoms with Crippen molar-refractivity contribution in [2.24, 2.45) is 5.73 Å². The van der Waals surface area contributed by atoms with E-state index in [-0.39, 0.29) is 11.9 Å². The van der Waals surface area contributed by atoms with Gasteiger partial charge in [-0.2, -0.15) is 0 Å². The van der Waals surface area contributed by atoms with Crippen LogP contribution in [-0.2, 0) is 0 Å². The van der Waals surface area contributed by atoms with Crippen LogP contribution in [0.5, 0.6) is 0 Å². The number of carbonyl (C=O) groups excluding carboxylic acids is 1. The molecule has 0 saturated carbocycles. The largest absolute Gasteiger partial charge is 0.333 e. The normalized spacial score (nSPS) is 29.6. The zero-order valence-corrected chi connectivity index (χ0v) is 12.7. The number of benzene rings is 1. The van der Waals surface area contributed by atoms with Crippen molar-refractivity contribution in [2.45, 2.75) is 50.7 Å². The summed E-state index contributed by atoms with van der Waals surface area (Å²) in [6.45, 7) is 2.00. The smallest absolute Gasteiger partial charge is 0.254 e. The van der Waals surface area contributed by atoms with Gasteiger partial charge < -0.3 is 10.6 Å². The van der Waals surface area contributed by atoms with E-state index in [0.717, 1.165) is 41.3 Å². The van der Waals surface area contributed by atoms with E-state index >= 15 is 0 Å². The molecule has 102 valence electrons. The molecule has 2 N–H and O–H groups in total. The number of nitrogens with two attached hydrogens (primary N) is 1. The third kappa shape index (κ3) is 2.32. The molecule has 0 radical (unpaired) electrons. The van der Waals surface area contributed by atoms with E-state index in [0.29, 0.717) is 12.1 Å². The van der Waals surface area contributed by atoms with Gasteiger partial charge in [-0.3, -0.25) is 4.79 Å². The van der Waals surface area contributed by atoms with Gasteiger partial charge in [0, 0.05) is 28.2 Å². The third-order valence-electron chi connectivity index (χ3n) is 4.43. The number of rotatable bonds is 1. The van der Waals surface area contributed by atoms with Crippen molar-refractivity contribution in [2.75, 3.05) is 0 Å². The van der Waals surface area contributed by atoms with Crippen molar-refractivity contribution in [1.82, 2.24) is 4.90 Å². The first-order valence-electron chi connectivity index (χ1n) is 6.90. The predicted molar refractivity (Wildman–Crippen MR) is 79.1 cm³/mol.